The van der Waals surface area contributed by atoms with Crippen LogP contribution in [0.25, 0.3) is 16.9 Å². The molecular weight excluding hydrogens is 273 g/mol. The molecule has 6 heteroatoms. The van der Waals surface area contributed by atoms with Gasteiger partial charge in [0.25, 0.3) is 0 Å². The largest absolute Gasteiger partial charge is 0.462 e. The van der Waals surface area contributed by atoms with Gasteiger partial charge in [0, 0.05) is 11.8 Å². The molecule has 0 fully saturated rings. The van der Waals surface area contributed by atoms with Crippen molar-refractivity contribution < 1.29 is 13.9 Å². The fourth-order valence-electron chi connectivity index (χ4n) is 2.12. The van der Waals surface area contributed by atoms with Crippen molar-refractivity contribution in [1.29, 1.82) is 0 Å². The molecule has 0 aliphatic rings. The predicted octanol–water partition coefficient (Wildman–Crippen LogP) is 2.71. The molecule has 0 aliphatic heterocycles. The van der Waals surface area contributed by atoms with Crippen molar-refractivity contribution in [3.05, 3.63) is 54.1 Å². The maximum atomic E-state index is 13.9. The number of benzene rings is 1. The standard InChI is InChI=1S/C15H12FN3O2/c1-2-21-15(20)11-9-18-19-13(7-8-17-14(11)19)10-5-3-4-6-12(10)16/h3-9H,2H2,1H3. The van der Waals surface area contributed by atoms with Crippen molar-refractivity contribution in [2.75, 3.05) is 6.61 Å². The molecule has 0 unspecified atom stereocenters. The molecule has 0 bridgehead atoms. The SMILES string of the molecule is CCOC(=O)c1cnn2c(-c3ccccc3F)ccnc12. The van der Waals surface area contributed by atoms with E-state index < -0.39 is 5.97 Å². The van der Waals surface area contributed by atoms with Crippen LogP contribution in [0.5, 0.6) is 0 Å². The van der Waals surface area contributed by atoms with Crippen LogP contribution in [-0.4, -0.2) is 27.2 Å². The van der Waals surface area contributed by atoms with Gasteiger partial charge >= 0.3 is 5.97 Å². The molecule has 3 rings (SSSR count). The molecule has 0 spiro atoms. The van der Waals surface area contributed by atoms with Crippen LogP contribution in [0.2, 0.25) is 0 Å². The number of carbonyl (C=O) groups excluding carboxylic acids is 1. The minimum absolute atomic E-state index is 0.259. The van der Waals surface area contributed by atoms with E-state index in [4.69, 9.17) is 4.74 Å². The highest BCUT2D eigenvalue weighted by atomic mass is 19.1. The average Bonchev–Trinajstić information content (AvgIpc) is 2.92. The van der Waals surface area contributed by atoms with Crippen molar-refractivity contribution in [3.8, 4) is 11.3 Å². The number of hydrogen-bond donors (Lipinski definition) is 0. The fourth-order valence-corrected chi connectivity index (χ4v) is 2.12. The van der Waals surface area contributed by atoms with Gasteiger partial charge in [-0.25, -0.2) is 18.7 Å². The van der Waals surface area contributed by atoms with Crippen LogP contribution in [0.4, 0.5) is 4.39 Å². The highest BCUT2D eigenvalue weighted by Gasteiger charge is 2.17. The van der Waals surface area contributed by atoms with Gasteiger partial charge in [-0.05, 0) is 25.1 Å². The van der Waals surface area contributed by atoms with Gasteiger partial charge < -0.3 is 4.74 Å². The first-order valence-electron chi connectivity index (χ1n) is 6.47. The molecule has 0 atom stereocenters. The van der Waals surface area contributed by atoms with Crippen molar-refractivity contribution in [2.45, 2.75) is 6.92 Å². The van der Waals surface area contributed by atoms with Crippen molar-refractivity contribution in [3.63, 3.8) is 0 Å². The van der Waals surface area contributed by atoms with E-state index in [0.717, 1.165) is 0 Å². The molecule has 0 saturated carbocycles. The minimum Gasteiger partial charge on any atom is -0.462 e. The van der Waals surface area contributed by atoms with E-state index in [0.29, 0.717) is 16.9 Å². The Bertz CT molecular complexity index is 814. The van der Waals surface area contributed by atoms with Crippen molar-refractivity contribution >= 4 is 11.6 Å². The zero-order valence-corrected chi connectivity index (χ0v) is 11.3. The first-order chi connectivity index (χ1) is 10.2. The van der Waals surface area contributed by atoms with E-state index in [1.165, 1.54) is 23.0 Å². The Balaban J connectivity index is 2.19. The van der Waals surface area contributed by atoms with Gasteiger partial charge in [0.05, 0.1) is 18.5 Å². The number of nitrogens with zero attached hydrogens (tertiary/aromatic N) is 3. The zero-order valence-electron chi connectivity index (χ0n) is 11.3. The van der Waals surface area contributed by atoms with Gasteiger partial charge in [-0.1, -0.05) is 12.1 Å². The molecule has 106 valence electrons. The second kappa shape index (κ2) is 5.32. The van der Waals surface area contributed by atoms with E-state index in [1.807, 2.05) is 0 Å². The van der Waals surface area contributed by atoms with Gasteiger partial charge in [-0.15, -0.1) is 0 Å². The molecule has 3 aromatic rings. The second-order valence-electron chi connectivity index (χ2n) is 4.32. The van der Waals surface area contributed by atoms with Crippen LogP contribution in [0.3, 0.4) is 0 Å². The van der Waals surface area contributed by atoms with Gasteiger partial charge in [0.1, 0.15) is 11.4 Å². The van der Waals surface area contributed by atoms with E-state index >= 15 is 0 Å². The monoisotopic (exact) mass is 285 g/mol. The lowest BCUT2D eigenvalue weighted by Crippen LogP contribution is -2.05. The average molecular weight is 285 g/mol. The number of hydrogen-bond acceptors (Lipinski definition) is 4. The third-order valence-corrected chi connectivity index (χ3v) is 3.05. The summed E-state index contributed by atoms with van der Waals surface area (Å²) in [6, 6.07) is 8.02. The molecular formula is C15H12FN3O2. The third-order valence-electron chi connectivity index (χ3n) is 3.05. The van der Waals surface area contributed by atoms with Crippen LogP contribution >= 0.6 is 0 Å². The summed E-state index contributed by atoms with van der Waals surface area (Å²) >= 11 is 0. The first kappa shape index (κ1) is 13.2. The molecule has 2 heterocycles. The van der Waals surface area contributed by atoms with E-state index in [1.54, 1.807) is 31.2 Å². The van der Waals surface area contributed by atoms with Crippen LogP contribution in [-0.2, 0) is 4.74 Å². The molecule has 1 aromatic carbocycles. The Kier molecular flexibility index (Phi) is 3.35. The number of esters is 1. The molecule has 0 saturated heterocycles. The number of rotatable bonds is 3. The van der Waals surface area contributed by atoms with E-state index in [9.17, 15) is 9.18 Å². The first-order valence-corrected chi connectivity index (χ1v) is 6.47. The normalized spacial score (nSPS) is 10.8. The van der Waals surface area contributed by atoms with Crippen LogP contribution in [0, 0.1) is 5.82 Å². The van der Waals surface area contributed by atoms with E-state index in [-0.39, 0.29) is 18.0 Å². The summed E-state index contributed by atoms with van der Waals surface area (Å²) in [5, 5.41) is 4.13. The fraction of sp³-hybridized carbons (Fsp3) is 0.133. The van der Waals surface area contributed by atoms with Gasteiger partial charge in [-0.2, -0.15) is 5.10 Å². The second-order valence-corrected chi connectivity index (χ2v) is 4.32. The third kappa shape index (κ3) is 2.24. The molecule has 0 N–H and O–H groups in total. The summed E-state index contributed by atoms with van der Waals surface area (Å²) < 4.78 is 20.3. The van der Waals surface area contributed by atoms with Crippen molar-refractivity contribution in [2.24, 2.45) is 0 Å². The number of carbonyl (C=O) groups is 1. The Morgan fingerprint density at radius 1 is 1.33 bits per heavy atom. The lowest BCUT2D eigenvalue weighted by Gasteiger charge is -2.06. The minimum atomic E-state index is -0.495. The summed E-state index contributed by atoms with van der Waals surface area (Å²) in [4.78, 5) is 16.0. The van der Waals surface area contributed by atoms with Crippen LogP contribution in [0.1, 0.15) is 17.3 Å². The van der Waals surface area contributed by atoms with Gasteiger partial charge in [-0.3, -0.25) is 0 Å². The number of halogens is 1. The Labute approximate surface area is 120 Å². The maximum absolute atomic E-state index is 13.9. The predicted molar refractivity (Wildman–Crippen MR) is 74.3 cm³/mol. The number of ether oxygens (including phenoxy) is 1. The summed E-state index contributed by atoms with van der Waals surface area (Å²) in [6.45, 7) is 1.99. The molecule has 21 heavy (non-hydrogen) atoms. The van der Waals surface area contributed by atoms with Crippen LogP contribution < -0.4 is 0 Å². The lowest BCUT2D eigenvalue weighted by atomic mass is 10.1. The quantitative estimate of drug-likeness (QED) is 0.694. The molecule has 0 amide bonds. The summed E-state index contributed by atoms with van der Waals surface area (Å²) in [7, 11) is 0. The van der Waals surface area contributed by atoms with Crippen molar-refractivity contribution in [1.82, 2.24) is 14.6 Å². The van der Waals surface area contributed by atoms with Gasteiger partial charge in [0.2, 0.25) is 0 Å². The smallest absolute Gasteiger partial charge is 0.343 e. The van der Waals surface area contributed by atoms with Crippen LogP contribution in [0.15, 0.2) is 42.7 Å². The Morgan fingerprint density at radius 3 is 2.90 bits per heavy atom. The summed E-state index contributed by atoms with van der Waals surface area (Å²) in [5.74, 6) is -0.858. The van der Waals surface area contributed by atoms with E-state index in [2.05, 4.69) is 10.1 Å². The topological polar surface area (TPSA) is 56.5 Å². The highest BCUT2D eigenvalue weighted by Crippen LogP contribution is 2.23. The number of aromatic nitrogens is 3. The van der Waals surface area contributed by atoms with Gasteiger partial charge in [0.15, 0.2) is 5.65 Å². The number of fused-ring (bicyclic) bond motifs is 1. The lowest BCUT2D eigenvalue weighted by molar-refractivity contribution is 0.0528. The Morgan fingerprint density at radius 2 is 2.14 bits per heavy atom. The molecule has 0 aliphatic carbocycles. The zero-order chi connectivity index (χ0) is 14.8. The molecule has 2 aromatic heterocycles. The molecule has 5 nitrogen and oxygen atoms in total. The maximum Gasteiger partial charge on any atom is 0.343 e. The summed E-state index contributed by atoms with van der Waals surface area (Å²) in [6.07, 6.45) is 2.90. The molecule has 0 radical (unpaired) electrons. The Hall–Kier alpha value is -2.76. The highest BCUT2D eigenvalue weighted by molar-refractivity contribution is 5.95. The summed E-state index contributed by atoms with van der Waals surface area (Å²) in [5.41, 5.74) is 1.52.